The topological polar surface area (TPSA) is 63.3 Å². The van der Waals surface area contributed by atoms with Crippen LogP contribution in [0.25, 0.3) is 0 Å². The van der Waals surface area contributed by atoms with Gasteiger partial charge in [-0.2, -0.15) is 0 Å². The first-order chi connectivity index (χ1) is 6.63. The molecule has 3 N–H and O–H groups in total. The summed E-state index contributed by atoms with van der Waals surface area (Å²) >= 11 is 3.32. The van der Waals surface area contributed by atoms with E-state index < -0.39 is 11.9 Å². The molecule has 14 heavy (non-hydrogen) atoms. The third-order valence-corrected chi connectivity index (χ3v) is 2.56. The number of carboxylic acid groups (broad SMARTS) is 1. The van der Waals surface area contributed by atoms with E-state index in [-0.39, 0.29) is 6.54 Å². The molecule has 1 aromatic rings. The van der Waals surface area contributed by atoms with Gasteiger partial charge in [0.15, 0.2) is 0 Å². The van der Waals surface area contributed by atoms with Gasteiger partial charge in [0, 0.05) is 11.0 Å². The standard InChI is InChI=1S/C10H12BrNO2/c11-9-3-1-7(2-4-9)5-8(6-12)10(13)14/h1-4,8H,5-6,12H2,(H,13,14). The fourth-order valence-corrected chi connectivity index (χ4v) is 1.44. The Bertz CT molecular complexity index is 310. The quantitative estimate of drug-likeness (QED) is 0.863. The van der Waals surface area contributed by atoms with Crippen molar-refractivity contribution in [2.45, 2.75) is 6.42 Å². The summed E-state index contributed by atoms with van der Waals surface area (Å²) in [4.78, 5) is 10.7. The highest BCUT2D eigenvalue weighted by molar-refractivity contribution is 9.10. The Morgan fingerprint density at radius 2 is 2.00 bits per heavy atom. The van der Waals surface area contributed by atoms with E-state index >= 15 is 0 Å². The lowest BCUT2D eigenvalue weighted by molar-refractivity contribution is -0.141. The molecule has 0 radical (unpaired) electrons. The second-order valence-electron chi connectivity index (χ2n) is 3.10. The van der Waals surface area contributed by atoms with Crippen LogP contribution in [0, 0.1) is 5.92 Å². The number of hydrogen-bond donors (Lipinski definition) is 2. The van der Waals surface area contributed by atoms with E-state index in [0.29, 0.717) is 6.42 Å². The molecule has 0 heterocycles. The zero-order valence-corrected chi connectivity index (χ0v) is 9.20. The van der Waals surface area contributed by atoms with Crippen LogP contribution >= 0.6 is 15.9 Å². The van der Waals surface area contributed by atoms with Gasteiger partial charge < -0.3 is 10.8 Å². The number of halogens is 1. The van der Waals surface area contributed by atoms with E-state index in [2.05, 4.69) is 15.9 Å². The molecule has 0 amide bonds. The molecule has 0 aromatic heterocycles. The van der Waals surface area contributed by atoms with E-state index in [1.165, 1.54) is 0 Å². The molecule has 0 aliphatic heterocycles. The van der Waals surface area contributed by atoms with Crippen molar-refractivity contribution >= 4 is 21.9 Å². The number of benzene rings is 1. The summed E-state index contributed by atoms with van der Waals surface area (Å²) in [5.41, 5.74) is 6.35. The minimum absolute atomic E-state index is 0.172. The van der Waals surface area contributed by atoms with Crippen LogP contribution in [0.1, 0.15) is 5.56 Å². The first-order valence-electron chi connectivity index (χ1n) is 4.31. The van der Waals surface area contributed by atoms with Gasteiger partial charge in [0.25, 0.3) is 0 Å². The first kappa shape index (κ1) is 11.2. The molecule has 0 aliphatic carbocycles. The number of aliphatic carboxylic acids is 1. The first-order valence-corrected chi connectivity index (χ1v) is 5.10. The maximum absolute atomic E-state index is 10.7. The second-order valence-corrected chi connectivity index (χ2v) is 4.02. The summed E-state index contributed by atoms with van der Waals surface area (Å²) in [6, 6.07) is 7.58. The molecule has 0 aliphatic rings. The van der Waals surface area contributed by atoms with Crippen LogP contribution in [0.3, 0.4) is 0 Å². The smallest absolute Gasteiger partial charge is 0.308 e. The highest BCUT2D eigenvalue weighted by atomic mass is 79.9. The van der Waals surface area contributed by atoms with Gasteiger partial charge in [-0.25, -0.2) is 0 Å². The SMILES string of the molecule is NCC(Cc1ccc(Br)cc1)C(=O)O. The molecular formula is C10H12BrNO2. The Balaban J connectivity index is 2.67. The Hall–Kier alpha value is -0.870. The molecule has 3 nitrogen and oxygen atoms in total. The lowest BCUT2D eigenvalue weighted by Crippen LogP contribution is -2.25. The Morgan fingerprint density at radius 3 is 2.43 bits per heavy atom. The number of carbonyl (C=O) groups is 1. The number of rotatable bonds is 4. The summed E-state index contributed by atoms with van der Waals surface area (Å²) in [5, 5.41) is 8.80. The van der Waals surface area contributed by atoms with Crippen molar-refractivity contribution < 1.29 is 9.90 Å². The van der Waals surface area contributed by atoms with Gasteiger partial charge >= 0.3 is 5.97 Å². The highest BCUT2D eigenvalue weighted by Gasteiger charge is 2.15. The van der Waals surface area contributed by atoms with Crippen LogP contribution in [0.15, 0.2) is 28.7 Å². The molecule has 0 saturated heterocycles. The normalized spacial score (nSPS) is 12.4. The fourth-order valence-electron chi connectivity index (χ4n) is 1.18. The van der Waals surface area contributed by atoms with Gasteiger partial charge in [-0.15, -0.1) is 0 Å². The predicted molar refractivity (Wildman–Crippen MR) is 58.0 cm³/mol. The second kappa shape index (κ2) is 5.12. The summed E-state index contributed by atoms with van der Waals surface area (Å²) in [6.07, 6.45) is 0.485. The predicted octanol–water partition coefficient (Wildman–Crippen LogP) is 1.65. The molecule has 1 aromatic carbocycles. The van der Waals surface area contributed by atoms with Crippen LogP contribution in [0.5, 0.6) is 0 Å². The molecule has 0 bridgehead atoms. The Kier molecular flexibility index (Phi) is 4.10. The highest BCUT2D eigenvalue weighted by Crippen LogP contribution is 2.13. The van der Waals surface area contributed by atoms with Crippen molar-refractivity contribution in [1.82, 2.24) is 0 Å². The van der Waals surface area contributed by atoms with Crippen molar-refractivity contribution in [3.63, 3.8) is 0 Å². The maximum Gasteiger partial charge on any atom is 0.308 e. The van der Waals surface area contributed by atoms with Crippen LogP contribution < -0.4 is 5.73 Å². The Morgan fingerprint density at radius 1 is 1.43 bits per heavy atom. The Labute approximate surface area is 91.1 Å². The van der Waals surface area contributed by atoms with Crippen molar-refractivity contribution in [3.8, 4) is 0 Å². The molecule has 1 atom stereocenters. The number of nitrogens with two attached hydrogens (primary N) is 1. The minimum Gasteiger partial charge on any atom is -0.481 e. The van der Waals surface area contributed by atoms with Crippen molar-refractivity contribution in [2.75, 3.05) is 6.54 Å². The summed E-state index contributed by atoms with van der Waals surface area (Å²) in [6.45, 7) is 0.172. The molecule has 4 heteroatoms. The average Bonchev–Trinajstić information content (AvgIpc) is 2.16. The van der Waals surface area contributed by atoms with E-state index in [0.717, 1.165) is 10.0 Å². The van der Waals surface area contributed by atoms with Crippen molar-refractivity contribution in [1.29, 1.82) is 0 Å². The monoisotopic (exact) mass is 257 g/mol. The average molecular weight is 258 g/mol. The van der Waals surface area contributed by atoms with Crippen molar-refractivity contribution in [2.24, 2.45) is 11.7 Å². The van der Waals surface area contributed by atoms with Crippen LogP contribution in [0.4, 0.5) is 0 Å². The maximum atomic E-state index is 10.7. The van der Waals surface area contributed by atoms with E-state index in [1.807, 2.05) is 24.3 Å². The largest absolute Gasteiger partial charge is 0.481 e. The molecule has 0 saturated carbocycles. The van der Waals surface area contributed by atoms with Gasteiger partial charge in [-0.3, -0.25) is 4.79 Å². The van der Waals surface area contributed by atoms with Crippen LogP contribution in [-0.4, -0.2) is 17.6 Å². The third-order valence-electron chi connectivity index (χ3n) is 2.03. The van der Waals surface area contributed by atoms with E-state index in [9.17, 15) is 4.79 Å². The summed E-state index contributed by atoms with van der Waals surface area (Å²) in [7, 11) is 0. The molecule has 76 valence electrons. The van der Waals surface area contributed by atoms with Crippen LogP contribution in [-0.2, 0) is 11.2 Å². The van der Waals surface area contributed by atoms with Gasteiger partial charge in [-0.05, 0) is 24.1 Å². The molecule has 1 rings (SSSR count). The van der Waals surface area contributed by atoms with Gasteiger partial charge in [-0.1, -0.05) is 28.1 Å². The summed E-state index contributed by atoms with van der Waals surface area (Å²) in [5.74, 6) is -1.33. The van der Waals surface area contributed by atoms with Gasteiger partial charge in [0.2, 0.25) is 0 Å². The summed E-state index contributed by atoms with van der Waals surface area (Å²) < 4.78 is 0.987. The molecule has 1 unspecified atom stereocenters. The molecular weight excluding hydrogens is 246 g/mol. The molecule has 0 fully saturated rings. The minimum atomic E-state index is -0.838. The third kappa shape index (κ3) is 3.12. The zero-order valence-electron chi connectivity index (χ0n) is 7.61. The van der Waals surface area contributed by atoms with Gasteiger partial charge in [0.05, 0.1) is 5.92 Å². The number of carboxylic acids is 1. The van der Waals surface area contributed by atoms with Crippen molar-refractivity contribution in [3.05, 3.63) is 34.3 Å². The number of hydrogen-bond acceptors (Lipinski definition) is 2. The zero-order chi connectivity index (χ0) is 10.6. The van der Waals surface area contributed by atoms with Crippen LogP contribution in [0.2, 0.25) is 0 Å². The van der Waals surface area contributed by atoms with Gasteiger partial charge in [0.1, 0.15) is 0 Å². The lowest BCUT2D eigenvalue weighted by atomic mass is 10.00. The fraction of sp³-hybridized carbons (Fsp3) is 0.300. The molecule has 0 spiro atoms. The lowest BCUT2D eigenvalue weighted by Gasteiger charge is -2.09. The van der Waals surface area contributed by atoms with E-state index in [4.69, 9.17) is 10.8 Å². The van der Waals surface area contributed by atoms with E-state index in [1.54, 1.807) is 0 Å².